The van der Waals surface area contributed by atoms with E-state index < -0.39 is 16.7 Å². The van der Waals surface area contributed by atoms with Crippen LogP contribution >= 0.6 is 51.2 Å². The van der Waals surface area contributed by atoms with E-state index in [-0.39, 0.29) is 16.6 Å². The lowest BCUT2D eigenvalue weighted by Gasteiger charge is -2.15. The van der Waals surface area contributed by atoms with Gasteiger partial charge in [-0.15, -0.1) is 11.3 Å². The number of nitro benzene ring substituents is 1. The summed E-state index contributed by atoms with van der Waals surface area (Å²) < 4.78 is 12.5. The lowest BCUT2D eigenvalue weighted by Crippen LogP contribution is -2.44. The van der Waals surface area contributed by atoms with Gasteiger partial charge in [-0.1, -0.05) is 17.8 Å². The minimum atomic E-state index is -0.460. The van der Waals surface area contributed by atoms with Gasteiger partial charge < -0.3 is 9.47 Å². The third kappa shape index (κ3) is 6.36. The summed E-state index contributed by atoms with van der Waals surface area (Å²) in [5, 5.41) is 13.7. The lowest BCUT2D eigenvalue weighted by molar-refractivity contribution is -0.384. The third-order valence-corrected chi connectivity index (χ3v) is 7.67. The van der Waals surface area contributed by atoms with E-state index in [0.29, 0.717) is 37.9 Å². The summed E-state index contributed by atoms with van der Waals surface area (Å²) in [6, 6.07) is 13.0. The average molecular weight is 621 g/mol. The molecule has 190 valence electrons. The van der Waals surface area contributed by atoms with Crippen molar-refractivity contribution in [3.63, 3.8) is 0 Å². The molecule has 0 spiro atoms. The standard InChI is InChI=1S/C24H18BrN3O6S3/c1-2-33-18-11-15(10-17(25)21(18)34-13-14-5-7-16(8-6-14)28(31)32)12-20-23(30)27(24(35)37-20)26-22(29)19-4-3-9-36-19/h3-12H,2,13H2,1H3,(H,26,29)/b20-12+. The summed E-state index contributed by atoms with van der Waals surface area (Å²) in [7, 11) is 0. The maximum atomic E-state index is 12.9. The number of ether oxygens (including phenoxy) is 2. The number of hydrazine groups is 1. The molecule has 37 heavy (non-hydrogen) atoms. The number of nitrogens with zero attached hydrogens (tertiary/aromatic N) is 2. The second-order valence-corrected chi connectivity index (χ2v) is 10.9. The fraction of sp³-hybridized carbons (Fsp3) is 0.125. The molecule has 13 heteroatoms. The van der Waals surface area contributed by atoms with Crippen LogP contribution in [-0.2, 0) is 11.4 Å². The molecule has 1 saturated heterocycles. The summed E-state index contributed by atoms with van der Waals surface area (Å²) in [6.07, 6.45) is 1.66. The Labute approximate surface area is 233 Å². The molecule has 0 radical (unpaired) electrons. The first-order chi connectivity index (χ1) is 17.8. The second-order valence-electron chi connectivity index (χ2n) is 7.41. The average Bonchev–Trinajstić information content (AvgIpc) is 3.49. The zero-order valence-electron chi connectivity index (χ0n) is 19.1. The Morgan fingerprint density at radius 2 is 2.00 bits per heavy atom. The van der Waals surface area contributed by atoms with E-state index in [0.717, 1.165) is 22.3 Å². The van der Waals surface area contributed by atoms with Crippen molar-refractivity contribution in [3.8, 4) is 11.5 Å². The van der Waals surface area contributed by atoms with Gasteiger partial charge in [0.25, 0.3) is 17.5 Å². The highest BCUT2D eigenvalue weighted by molar-refractivity contribution is 9.10. The van der Waals surface area contributed by atoms with Crippen molar-refractivity contribution in [2.24, 2.45) is 0 Å². The number of thiocarbonyl (C=S) groups is 1. The number of carbonyl (C=O) groups excluding carboxylic acids is 2. The Morgan fingerprint density at radius 1 is 1.24 bits per heavy atom. The summed E-state index contributed by atoms with van der Waals surface area (Å²) in [4.78, 5) is 36.5. The number of carbonyl (C=O) groups is 2. The molecule has 2 heterocycles. The first-order valence-corrected chi connectivity index (χ1v) is 13.6. The molecule has 9 nitrogen and oxygen atoms in total. The van der Waals surface area contributed by atoms with Gasteiger partial charge in [-0.2, -0.15) is 5.01 Å². The number of thioether (sulfide) groups is 1. The number of rotatable bonds is 9. The number of non-ortho nitro benzene ring substituents is 1. The molecule has 3 aromatic rings. The predicted molar refractivity (Wildman–Crippen MR) is 150 cm³/mol. The molecule has 2 amide bonds. The molecule has 0 aliphatic carbocycles. The number of benzene rings is 2. The van der Waals surface area contributed by atoms with Crippen LogP contribution in [0.5, 0.6) is 11.5 Å². The quantitative estimate of drug-likeness (QED) is 0.135. The van der Waals surface area contributed by atoms with Gasteiger partial charge in [-0.05, 0) is 88.0 Å². The zero-order valence-corrected chi connectivity index (χ0v) is 23.2. The number of nitrogens with one attached hydrogen (secondary N) is 1. The van der Waals surface area contributed by atoms with Gasteiger partial charge in [0.05, 0.1) is 25.8 Å². The first-order valence-electron chi connectivity index (χ1n) is 10.7. The van der Waals surface area contributed by atoms with Crippen molar-refractivity contribution in [1.82, 2.24) is 10.4 Å². The van der Waals surface area contributed by atoms with Gasteiger partial charge in [0.15, 0.2) is 15.8 Å². The number of thiophene rings is 1. The smallest absolute Gasteiger partial charge is 0.285 e. The first kappa shape index (κ1) is 26.8. The van der Waals surface area contributed by atoms with Crippen LogP contribution in [0.3, 0.4) is 0 Å². The lowest BCUT2D eigenvalue weighted by atomic mass is 10.1. The fourth-order valence-electron chi connectivity index (χ4n) is 3.22. The van der Waals surface area contributed by atoms with Crippen LogP contribution in [0.25, 0.3) is 6.08 Å². The molecule has 0 bridgehead atoms. The number of nitro groups is 1. The van der Waals surface area contributed by atoms with E-state index in [2.05, 4.69) is 21.4 Å². The van der Waals surface area contributed by atoms with Gasteiger partial charge in [0, 0.05) is 12.1 Å². The Kier molecular flexibility index (Phi) is 8.59. The Morgan fingerprint density at radius 3 is 2.65 bits per heavy atom. The summed E-state index contributed by atoms with van der Waals surface area (Å²) in [6.45, 7) is 2.38. The number of hydrogen-bond donors (Lipinski definition) is 1. The molecular formula is C24H18BrN3O6S3. The van der Waals surface area contributed by atoms with Crippen molar-refractivity contribution < 1.29 is 24.0 Å². The van der Waals surface area contributed by atoms with Crippen molar-refractivity contribution >= 4 is 79.1 Å². The number of amides is 2. The van der Waals surface area contributed by atoms with E-state index in [1.807, 2.05) is 6.92 Å². The zero-order chi connectivity index (χ0) is 26.5. The van der Waals surface area contributed by atoms with Gasteiger partial charge in [-0.25, -0.2) is 0 Å². The molecule has 1 aromatic heterocycles. The summed E-state index contributed by atoms with van der Waals surface area (Å²) in [5.74, 6) is 0.0514. The largest absolute Gasteiger partial charge is 0.490 e. The van der Waals surface area contributed by atoms with E-state index in [1.165, 1.54) is 23.5 Å². The molecule has 0 unspecified atom stereocenters. The van der Waals surface area contributed by atoms with Gasteiger partial charge in [0.1, 0.15) is 6.61 Å². The molecule has 1 aliphatic heterocycles. The molecule has 0 saturated carbocycles. The Bertz CT molecular complexity index is 1390. The molecule has 1 aliphatic rings. The van der Waals surface area contributed by atoms with Crippen molar-refractivity contribution in [2.45, 2.75) is 13.5 Å². The maximum Gasteiger partial charge on any atom is 0.285 e. The SMILES string of the molecule is CCOc1cc(/C=C2/SC(=S)N(NC(=O)c3cccs3)C2=O)cc(Br)c1OCc1ccc([N+](=O)[O-])cc1. The van der Waals surface area contributed by atoms with E-state index >= 15 is 0 Å². The van der Waals surface area contributed by atoms with Gasteiger partial charge in [-0.3, -0.25) is 25.1 Å². The molecule has 1 fully saturated rings. The van der Waals surface area contributed by atoms with Crippen molar-refractivity contribution in [1.29, 1.82) is 0 Å². The van der Waals surface area contributed by atoms with Gasteiger partial charge in [0.2, 0.25) is 0 Å². The number of halogens is 1. The summed E-state index contributed by atoms with van der Waals surface area (Å²) >= 11 is 11.1. The highest BCUT2D eigenvalue weighted by atomic mass is 79.9. The molecular weight excluding hydrogens is 602 g/mol. The van der Waals surface area contributed by atoms with E-state index in [4.69, 9.17) is 21.7 Å². The minimum absolute atomic E-state index is 0.000732. The topological polar surface area (TPSA) is 111 Å². The minimum Gasteiger partial charge on any atom is -0.490 e. The van der Waals surface area contributed by atoms with Crippen LogP contribution in [0.4, 0.5) is 5.69 Å². The van der Waals surface area contributed by atoms with Crippen molar-refractivity contribution in [2.75, 3.05) is 6.61 Å². The summed E-state index contributed by atoms with van der Waals surface area (Å²) in [5.41, 5.74) is 3.96. The number of hydrogen-bond acceptors (Lipinski definition) is 9. The maximum absolute atomic E-state index is 12.9. The van der Waals surface area contributed by atoms with Crippen LogP contribution < -0.4 is 14.9 Å². The second kappa shape index (κ2) is 11.9. The molecule has 1 N–H and O–H groups in total. The molecule has 4 rings (SSSR count). The molecule has 0 atom stereocenters. The van der Waals surface area contributed by atoms with Crippen molar-refractivity contribution in [3.05, 3.63) is 89.4 Å². The highest BCUT2D eigenvalue weighted by Crippen LogP contribution is 2.39. The third-order valence-electron chi connectivity index (χ3n) is 4.91. The van der Waals surface area contributed by atoms with Crippen LogP contribution in [0.1, 0.15) is 27.7 Å². The highest BCUT2D eigenvalue weighted by Gasteiger charge is 2.34. The van der Waals surface area contributed by atoms with Crippen LogP contribution in [0, 0.1) is 10.1 Å². The molecule has 2 aromatic carbocycles. The van der Waals surface area contributed by atoms with Gasteiger partial charge >= 0.3 is 0 Å². The predicted octanol–water partition coefficient (Wildman–Crippen LogP) is 5.94. The van der Waals surface area contributed by atoms with Crippen LogP contribution in [0.15, 0.2) is 63.3 Å². The monoisotopic (exact) mass is 619 g/mol. The van der Waals surface area contributed by atoms with E-state index in [9.17, 15) is 19.7 Å². The Balaban J connectivity index is 1.52. The fourth-order valence-corrected chi connectivity index (χ4v) is 5.59. The van der Waals surface area contributed by atoms with Crippen LogP contribution in [0.2, 0.25) is 0 Å². The Hall–Kier alpha value is -3.26. The van der Waals surface area contributed by atoms with Crippen LogP contribution in [-0.4, -0.2) is 32.7 Å². The normalized spacial score (nSPS) is 14.2. The van der Waals surface area contributed by atoms with E-state index in [1.54, 1.807) is 47.9 Å².